The van der Waals surface area contributed by atoms with Crippen LogP contribution in [0, 0.1) is 12.8 Å². The van der Waals surface area contributed by atoms with Crippen LogP contribution in [0.4, 0.5) is 0 Å². The summed E-state index contributed by atoms with van der Waals surface area (Å²) in [5, 5.41) is 6.87. The van der Waals surface area contributed by atoms with Crippen LogP contribution in [-0.4, -0.2) is 35.5 Å². The van der Waals surface area contributed by atoms with Crippen LogP contribution in [0.25, 0.3) is 0 Å². The molecule has 5 nitrogen and oxygen atoms in total. The van der Waals surface area contributed by atoms with E-state index < -0.39 is 10.0 Å². The van der Waals surface area contributed by atoms with E-state index in [-0.39, 0.29) is 16.9 Å². The quantitative estimate of drug-likeness (QED) is 0.871. The molecule has 0 bridgehead atoms. The van der Waals surface area contributed by atoms with E-state index >= 15 is 0 Å². The van der Waals surface area contributed by atoms with E-state index in [1.165, 1.54) is 6.42 Å². The van der Waals surface area contributed by atoms with Gasteiger partial charge in [-0.3, -0.25) is 5.10 Å². The van der Waals surface area contributed by atoms with Crippen LogP contribution < -0.4 is 0 Å². The minimum absolute atomic E-state index is 0.122. The molecule has 2 aliphatic rings. The zero-order valence-electron chi connectivity index (χ0n) is 11.6. The maximum atomic E-state index is 12.9. The molecule has 0 amide bonds. The van der Waals surface area contributed by atoms with Crippen molar-refractivity contribution in [1.29, 1.82) is 0 Å². The Labute approximate surface area is 124 Å². The van der Waals surface area contributed by atoms with Gasteiger partial charge in [0.25, 0.3) is 10.0 Å². The molecule has 2 unspecified atom stereocenters. The summed E-state index contributed by atoms with van der Waals surface area (Å²) in [6.07, 6.45) is 5.45. The Morgan fingerprint density at radius 3 is 2.85 bits per heavy atom. The van der Waals surface area contributed by atoms with Crippen LogP contribution in [0.1, 0.15) is 43.4 Å². The molecule has 1 aromatic heterocycles. The molecule has 0 radical (unpaired) electrons. The first-order valence-electron chi connectivity index (χ1n) is 7.17. The molecular weight excluding hydrogens is 298 g/mol. The Bertz CT molecular complexity index is 599. The van der Waals surface area contributed by atoms with Crippen LogP contribution in [0.5, 0.6) is 0 Å². The average Bonchev–Trinajstić information content (AvgIpc) is 3.02. The lowest BCUT2D eigenvalue weighted by molar-refractivity contribution is 0.260. The number of aromatic amines is 1. The molecule has 3 rings (SSSR count). The predicted molar refractivity (Wildman–Crippen MR) is 77.1 cm³/mol. The first kappa shape index (κ1) is 14.4. The molecular formula is C13H20ClN3O2S. The number of alkyl halides is 1. The third-order valence-corrected chi connectivity index (χ3v) is 6.85. The highest BCUT2D eigenvalue weighted by molar-refractivity contribution is 7.89. The van der Waals surface area contributed by atoms with Gasteiger partial charge in [-0.1, -0.05) is 12.8 Å². The average molecular weight is 318 g/mol. The molecule has 0 aromatic carbocycles. The van der Waals surface area contributed by atoms with Crippen molar-refractivity contribution in [3.05, 3.63) is 11.3 Å². The fraction of sp³-hybridized carbons (Fsp3) is 0.769. The summed E-state index contributed by atoms with van der Waals surface area (Å²) < 4.78 is 27.4. The SMILES string of the molecule is Cc1[nH]nc(S(=O)(=O)N2CCC3CCCCC32)c1CCl. The van der Waals surface area contributed by atoms with Crippen LogP contribution in [0.15, 0.2) is 5.03 Å². The van der Waals surface area contributed by atoms with E-state index in [9.17, 15) is 8.42 Å². The number of fused-ring (bicyclic) bond motifs is 1. The van der Waals surface area contributed by atoms with E-state index in [4.69, 9.17) is 11.6 Å². The lowest BCUT2D eigenvalue weighted by Gasteiger charge is -2.30. The van der Waals surface area contributed by atoms with Gasteiger partial charge in [0.1, 0.15) is 0 Å². The van der Waals surface area contributed by atoms with Gasteiger partial charge in [0.05, 0.1) is 5.88 Å². The Morgan fingerprint density at radius 2 is 2.10 bits per heavy atom. The van der Waals surface area contributed by atoms with Gasteiger partial charge in [-0.05, 0) is 32.1 Å². The summed E-state index contributed by atoms with van der Waals surface area (Å²) in [5.74, 6) is 0.691. The maximum absolute atomic E-state index is 12.9. The van der Waals surface area contributed by atoms with E-state index in [0.717, 1.165) is 31.4 Å². The van der Waals surface area contributed by atoms with Crippen molar-refractivity contribution < 1.29 is 8.42 Å². The number of halogens is 1. The third-order valence-electron chi connectivity index (χ3n) is 4.68. The van der Waals surface area contributed by atoms with Gasteiger partial charge < -0.3 is 0 Å². The molecule has 1 saturated carbocycles. The van der Waals surface area contributed by atoms with Crippen molar-refractivity contribution in [1.82, 2.24) is 14.5 Å². The molecule has 2 heterocycles. The summed E-state index contributed by atoms with van der Waals surface area (Å²) in [7, 11) is -3.52. The molecule has 1 aliphatic heterocycles. The van der Waals surface area contributed by atoms with Gasteiger partial charge in [0.2, 0.25) is 0 Å². The first-order valence-corrected chi connectivity index (χ1v) is 9.15. The number of hydrogen-bond donors (Lipinski definition) is 1. The molecule has 2 atom stereocenters. The van der Waals surface area contributed by atoms with Gasteiger partial charge >= 0.3 is 0 Å². The summed E-state index contributed by atoms with van der Waals surface area (Å²) in [5.41, 5.74) is 1.34. The highest BCUT2D eigenvalue weighted by Crippen LogP contribution is 2.39. The Balaban J connectivity index is 1.95. The summed E-state index contributed by atoms with van der Waals surface area (Å²) in [6.45, 7) is 2.42. The van der Waals surface area contributed by atoms with E-state index in [1.807, 2.05) is 0 Å². The topological polar surface area (TPSA) is 66.1 Å². The largest absolute Gasteiger partial charge is 0.281 e. The maximum Gasteiger partial charge on any atom is 0.262 e. The van der Waals surface area contributed by atoms with Crippen LogP contribution in [0.2, 0.25) is 0 Å². The lowest BCUT2D eigenvalue weighted by atomic mass is 9.86. The second-order valence-electron chi connectivity index (χ2n) is 5.78. The van der Waals surface area contributed by atoms with Gasteiger partial charge in [0, 0.05) is 23.8 Å². The Kier molecular flexibility index (Phi) is 3.81. The van der Waals surface area contributed by atoms with Crippen molar-refractivity contribution >= 4 is 21.6 Å². The molecule has 1 aromatic rings. The molecule has 1 saturated heterocycles. The smallest absolute Gasteiger partial charge is 0.262 e. The Hall–Kier alpha value is -0.590. The van der Waals surface area contributed by atoms with E-state index in [2.05, 4.69) is 10.2 Å². The lowest BCUT2D eigenvalue weighted by Crippen LogP contribution is -2.39. The van der Waals surface area contributed by atoms with E-state index in [0.29, 0.717) is 18.0 Å². The standard InChI is InChI=1S/C13H20ClN3O2S/c1-9-11(8-14)13(16-15-9)20(18,19)17-7-6-10-4-2-3-5-12(10)17/h10,12H,2-8H2,1H3,(H,15,16). The number of nitrogens with one attached hydrogen (secondary N) is 1. The third kappa shape index (κ3) is 2.18. The number of aromatic nitrogens is 2. The monoisotopic (exact) mass is 317 g/mol. The molecule has 7 heteroatoms. The van der Waals surface area contributed by atoms with Crippen molar-refractivity contribution in [3.8, 4) is 0 Å². The molecule has 20 heavy (non-hydrogen) atoms. The summed E-state index contributed by atoms with van der Waals surface area (Å²) in [4.78, 5) is 0. The minimum Gasteiger partial charge on any atom is -0.281 e. The molecule has 1 aliphatic carbocycles. The van der Waals surface area contributed by atoms with Gasteiger partial charge in [-0.15, -0.1) is 11.6 Å². The van der Waals surface area contributed by atoms with Crippen molar-refractivity contribution in [2.24, 2.45) is 5.92 Å². The fourth-order valence-electron chi connectivity index (χ4n) is 3.57. The van der Waals surface area contributed by atoms with Crippen molar-refractivity contribution in [2.75, 3.05) is 6.54 Å². The second kappa shape index (κ2) is 5.31. The number of H-pyrrole nitrogens is 1. The number of rotatable bonds is 3. The summed E-state index contributed by atoms with van der Waals surface area (Å²) in [6, 6.07) is 0.161. The predicted octanol–water partition coefficient (Wildman–Crippen LogP) is 2.41. The van der Waals surface area contributed by atoms with Gasteiger partial charge in [-0.2, -0.15) is 9.40 Å². The molecule has 1 N–H and O–H groups in total. The van der Waals surface area contributed by atoms with E-state index in [1.54, 1.807) is 11.2 Å². The first-order chi connectivity index (χ1) is 9.55. The minimum atomic E-state index is -3.52. The number of sulfonamides is 1. The molecule has 0 spiro atoms. The second-order valence-corrected chi connectivity index (χ2v) is 7.86. The zero-order valence-corrected chi connectivity index (χ0v) is 13.2. The molecule has 112 valence electrons. The van der Waals surface area contributed by atoms with Crippen LogP contribution >= 0.6 is 11.6 Å². The molecule has 2 fully saturated rings. The van der Waals surface area contributed by atoms with Crippen molar-refractivity contribution in [3.63, 3.8) is 0 Å². The highest BCUT2D eigenvalue weighted by Gasteiger charge is 2.43. The number of aryl methyl sites for hydroxylation is 1. The normalized spacial score (nSPS) is 27.7. The number of hydrogen-bond acceptors (Lipinski definition) is 3. The number of nitrogens with zero attached hydrogens (tertiary/aromatic N) is 2. The Morgan fingerprint density at radius 1 is 1.35 bits per heavy atom. The fourth-order valence-corrected chi connectivity index (χ4v) is 5.88. The summed E-state index contributed by atoms with van der Waals surface area (Å²) >= 11 is 5.89. The zero-order chi connectivity index (χ0) is 14.3. The van der Waals surface area contributed by atoms with Crippen LogP contribution in [0.3, 0.4) is 0 Å². The van der Waals surface area contributed by atoms with Gasteiger partial charge in [0.15, 0.2) is 5.03 Å². The highest BCUT2D eigenvalue weighted by atomic mass is 35.5. The van der Waals surface area contributed by atoms with Crippen molar-refractivity contribution in [2.45, 2.75) is 56.0 Å². The van der Waals surface area contributed by atoms with Gasteiger partial charge in [-0.25, -0.2) is 8.42 Å². The van der Waals surface area contributed by atoms with Crippen LogP contribution in [-0.2, 0) is 15.9 Å².